The summed E-state index contributed by atoms with van der Waals surface area (Å²) in [5.41, 5.74) is -0.742. The van der Waals surface area contributed by atoms with Crippen molar-refractivity contribution in [1.29, 1.82) is 5.26 Å². The molecule has 86 valence electrons. The molecule has 1 N–H and O–H groups in total. The second-order valence-electron chi connectivity index (χ2n) is 2.74. The van der Waals surface area contributed by atoms with Crippen molar-refractivity contribution in [2.45, 2.75) is 0 Å². The fourth-order valence-electron chi connectivity index (χ4n) is 0.893. The smallest absolute Gasteiger partial charge is 0.246 e. The third kappa shape index (κ3) is 2.64. The molecule has 0 atom stereocenters. The van der Waals surface area contributed by atoms with E-state index in [0.29, 0.717) is 6.07 Å². The van der Waals surface area contributed by atoms with Crippen LogP contribution in [0.1, 0.15) is 0 Å². The van der Waals surface area contributed by atoms with E-state index in [1.807, 2.05) is 0 Å². The molecule has 0 aliphatic heterocycles. The molecule has 0 aromatic heterocycles. The molecule has 0 fully saturated rings. The average Bonchev–Trinajstić information content (AvgIpc) is 2.19. The second kappa shape index (κ2) is 4.40. The number of hydrogen-bond acceptors (Lipinski definition) is 3. The van der Waals surface area contributed by atoms with Crippen LogP contribution in [0.15, 0.2) is 12.1 Å². The molecule has 16 heavy (non-hydrogen) atoms. The van der Waals surface area contributed by atoms with Crippen LogP contribution in [0, 0.1) is 28.8 Å². The molecule has 0 aliphatic rings. The number of nitrogens with zero attached hydrogens (tertiary/aromatic N) is 1. The van der Waals surface area contributed by atoms with Gasteiger partial charge in [-0.3, -0.25) is 4.72 Å². The van der Waals surface area contributed by atoms with Crippen LogP contribution in [0.5, 0.6) is 0 Å². The van der Waals surface area contributed by atoms with Gasteiger partial charge in [0.2, 0.25) is 10.0 Å². The van der Waals surface area contributed by atoms with Crippen molar-refractivity contribution in [3.8, 4) is 6.07 Å². The van der Waals surface area contributed by atoms with Crippen molar-refractivity contribution in [2.24, 2.45) is 0 Å². The number of halogens is 3. The summed E-state index contributed by atoms with van der Waals surface area (Å²) in [5.74, 6) is -5.77. The monoisotopic (exact) mass is 250 g/mol. The number of nitrogens with one attached hydrogen (secondary N) is 1. The van der Waals surface area contributed by atoms with Gasteiger partial charge in [0.15, 0.2) is 23.2 Å². The Morgan fingerprint density at radius 1 is 1.25 bits per heavy atom. The van der Waals surface area contributed by atoms with Crippen molar-refractivity contribution in [3.63, 3.8) is 0 Å². The number of anilines is 1. The normalized spacial score (nSPS) is 10.9. The van der Waals surface area contributed by atoms with Crippen molar-refractivity contribution >= 4 is 15.7 Å². The van der Waals surface area contributed by atoms with Crippen LogP contribution in [-0.2, 0) is 10.0 Å². The first kappa shape index (κ1) is 12.3. The summed E-state index contributed by atoms with van der Waals surface area (Å²) in [7, 11) is -4.08. The maximum atomic E-state index is 13.0. The zero-order valence-corrected chi connectivity index (χ0v) is 8.48. The van der Waals surface area contributed by atoms with Crippen LogP contribution >= 0.6 is 0 Å². The molecule has 1 aromatic rings. The summed E-state index contributed by atoms with van der Waals surface area (Å²) in [6, 6.07) is 2.63. The summed E-state index contributed by atoms with van der Waals surface area (Å²) in [4.78, 5) is 0. The highest BCUT2D eigenvalue weighted by Gasteiger charge is 2.17. The molecule has 0 saturated heterocycles. The van der Waals surface area contributed by atoms with E-state index in [4.69, 9.17) is 5.26 Å². The van der Waals surface area contributed by atoms with E-state index in [0.717, 1.165) is 6.07 Å². The van der Waals surface area contributed by atoms with Crippen LogP contribution < -0.4 is 4.72 Å². The maximum absolute atomic E-state index is 13.0. The fourth-order valence-corrected chi connectivity index (χ4v) is 1.63. The molecule has 1 rings (SSSR count). The topological polar surface area (TPSA) is 70.0 Å². The van der Waals surface area contributed by atoms with Gasteiger partial charge in [0.05, 0.1) is 11.8 Å². The molecule has 0 heterocycles. The minimum absolute atomic E-state index is 0.572. The summed E-state index contributed by atoms with van der Waals surface area (Å²) in [6.45, 7) is 0. The average molecular weight is 250 g/mol. The maximum Gasteiger partial charge on any atom is 0.246 e. The molecule has 8 heteroatoms. The van der Waals surface area contributed by atoms with E-state index < -0.39 is 38.9 Å². The number of hydrogen-bond donors (Lipinski definition) is 1. The molecule has 0 saturated carbocycles. The molecule has 0 bridgehead atoms. The van der Waals surface area contributed by atoms with Crippen LogP contribution in [0.25, 0.3) is 0 Å². The highest BCUT2D eigenvalue weighted by Crippen LogP contribution is 2.20. The van der Waals surface area contributed by atoms with Gasteiger partial charge in [-0.05, 0) is 12.1 Å². The van der Waals surface area contributed by atoms with Crippen LogP contribution in [0.3, 0.4) is 0 Å². The van der Waals surface area contributed by atoms with Gasteiger partial charge in [-0.25, -0.2) is 21.6 Å². The first-order valence-corrected chi connectivity index (χ1v) is 5.53. The standard InChI is InChI=1S/C8H5F3N2O2S/c9-5-1-2-6(8(11)7(5)10)13-16(14,15)4-3-12/h1-2,13H,4H2. The zero-order valence-electron chi connectivity index (χ0n) is 7.67. The van der Waals surface area contributed by atoms with Crippen molar-refractivity contribution in [1.82, 2.24) is 0 Å². The van der Waals surface area contributed by atoms with Gasteiger partial charge >= 0.3 is 0 Å². The van der Waals surface area contributed by atoms with Gasteiger partial charge in [-0.1, -0.05) is 0 Å². The van der Waals surface area contributed by atoms with E-state index in [1.165, 1.54) is 6.07 Å². The quantitative estimate of drug-likeness (QED) is 0.823. The third-order valence-corrected chi connectivity index (χ3v) is 2.60. The lowest BCUT2D eigenvalue weighted by Gasteiger charge is -2.06. The van der Waals surface area contributed by atoms with Gasteiger partial charge in [0.1, 0.15) is 0 Å². The Balaban J connectivity index is 3.10. The molecular weight excluding hydrogens is 245 g/mol. The second-order valence-corrected chi connectivity index (χ2v) is 4.46. The molecule has 0 radical (unpaired) electrons. The lowest BCUT2D eigenvalue weighted by atomic mass is 10.3. The van der Waals surface area contributed by atoms with Crippen molar-refractivity contribution in [2.75, 3.05) is 10.5 Å². The molecule has 4 nitrogen and oxygen atoms in total. The first-order chi connectivity index (χ1) is 7.37. The Labute approximate surface area is 89.4 Å². The third-order valence-electron chi connectivity index (χ3n) is 1.56. The molecule has 0 amide bonds. The molecule has 0 spiro atoms. The van der Waals surface area contributed by atoms with Crippen LogP contribution in [0.4, 0.5) is 18.9 Å². The highest BCUT2D eigenvalue weighted by atomic mass is 32.2. The van der Waals surface area contributed by atoms with E-state index in [-0.39, 0.29) is 0 Å². The summed E-state index contributed by atoms with van der Waals surface area (Å²) < 4.78 is 61.9. The number of nitriles is 1. The molecule has 0 aliphatic carbocycles. The molecule has 0 unspecified atom stereocenters. The number of benzene rings is 1. The number of sulfonamides is 1. The lowest BCUT2D eigenvalue weighted by Crippen LogP contribution is -2.17. The SMILES string of the molecule is N#CCS(=O)(=O)Nc1ccc(F)c(F)c1F. The summed E-state index contributed by atoms with van der Waals surface area (Å²) in [5, 5.41) is 8.15. The largest absolute Gasteiger partial charge is 0.280 e. The Morgan fingerprint density at radius 2 is 1.88 bits per heavy atom. The van der Waals surface area contributed by atoms with Gasteiger partial charge in [0, 0.05) is 0 Å². The zero-order chi connectivity index (χ0) is 12.3. The van der Waals surface area contributed by atoms with Crippen molar-refractivity contribution < 1.29 is 21.6 Å². The fraction of sp³-hybridized carbons (Fsp3) is 0.125. The van der Waals surface area contributed by atoms with E-state index >= 15 is 0 Å². The predicted molar refractivity (Wildman–Crippen MR) is 49.3 cm³/mol. The highest BCUT2D eigenvalue weighted by molar-refractivity contribution is 7.92. The summed E-state index contributed by atoms with van der Waals surface area (Å²) in [6.07, 6.45) is 0. The van der Waals surface area contributed by atoms with E-state index in [2.05, 4.69) is 0 Å². The van der Waals surface area contributed by atoms with Gasteiger partial charge in [-0.15, -0.1) is 0 Å². The van der Waals surface area contributed by atoms with Gasteiger partial charge in [0.25, 0.3) is 0 Å². The van der Waals surface area contributed by atoms with E-state index in [9.17, 15) is 21.6 Å². The Hall–Kier alpha value is -1.75. The van der Waals surface area contributed by atoms with Gasteiger partial charge in [-0.2, -0.15) is 5.26 Å². The molecule has 1 aromatic carbocycles. The Bertz CT molecular complexity index is 551. The van der Waals surface area contributed by atoms with E-state index in [1.54, 1.807) is 4.72 Å². The van der Waals surface area contributed by atoms with Crippen LogP contribution in [-0.4, -0.2) is 14.2 Å². The first-order valence-electron chi connectivity index (χ1n) is 3.88. The molecular formula is C8H5F3N2O2S. The lowest BCUT2D eigenvalue weighted by molar-refractivity contribution is 0.449. The minimum Gasteiger partial charge on any atom is -0.280 e. The Kier molecular flexibility index (Phi) is 3.39. The van der Waals surface area contributed by atoms with Crippen LogP contribution in [0.2, 0.25) is 0 Å². The minimum atomic E-state index is -4.08. The number of rotatable bonds is 3. The van der Waals surface area contributed by atoms with Gasteiger partial charge < -0.3 is 0 Å². The summed E-state index contributed by atoms with van der Waals surface area (Å²) >= 11 is 0. The predicted octanol–water partition coefficient (Wildman–Crippen LogP) is 1.37. The Morgan fingerprint density at radius 3 is 2.44 bits per heavy atom. The van der Waals surface area contributed by atoms with Crippen molar-refractivity contribution in [3.05, 3.63) is 29.6 Å².